The molecule has 0 bridgehead atoms. The van der Waals surface area contributed by atoms with Crippen molar-refractivity contribution in [2.75, 3.05) is 5.43 Å². The molecule has 2 aromatic rings. The lowest BCUT2D eigenvalue weighted by Crippen LogP contribution is -2.22. The van der Waals surface area contributed by atoms with Crippen LogP contribution in [0.5, 0.6) is 0 Å². The smallest absolute Gasteiger partial charge is 0.214 e. The summed E-state index contributed by atoms with van der Waals surface area (Å²) < 4.78 is 2.03. The Kier molecular flexibility index (Phi) is 4.26. The molecular weight excluding hydrogens is 351 g/mol. The summed E-state index contributed by atoms with van der Waals surface area (Å²) in [4.78, 5) is 0. The lowest BCUT2D eigenvalue weighted by Gasteiger charge is -2.24. The third-order valence-corrected chi connectivity index (χ3v) is 5.94. The van der Waals surface area contributed by atoms with Gasteiger partial charge in [0, 0.05) is 16.9 Å². The molecule has 0 amide bonds. The van der Waals surface area contributed by atoms with Crippen LogP contribution in [0.25, 0.3) is 5.70 Å². The summed E-state index contributed by atoms with van der Waals surface area (Å²) in [5.41, 5.74) is 5.42. The van der Waals surface area contributed by atoms with Crippen LogP contribution in [-0.2, 0) is 0 Å². The highest BCUT2D eigenvalue weighted by molar-refractivity contribution is 8.02. The van der Waals surface area contributed by atoms with Crippen molar-refractivity contribution in [2.45, 2.75) is 43.2 Å². The van der Waals surface area contributed by atoms with Crippen molar-refractivity contribution in [3.8, 4) is 0 Å². The highest BCUT2D eigenvalue weighted by Crippen LogP contribution is 2.36. The molecule has 1 saturated carbocycles. The van der Waals surface area contributed by atoms with Crippen molar-refractivity contribution in [1.82, 2.24) is 14.9 Å². The zero-order valence-corrected chi connectivity index (χ0v) is 14.8. The van der Waals surface area contributed by atoms with Crippen LogP contribution >= 0.6 is 35.0 Å². The van der Waals surface area contributed by atoms with Gasteiger partial charge in [0.15, 0.2) is 5.82 Å². The summed E-state index contributed by atoms with van der Waals surface area (Å²) in [5.74, 6) is 1.53. The molecular formula is C16H16Cl2N4S. The molecule has 0 saturated heterocycles. The Balaban J connectivity index is 1.63. The first kappa shape index (κ1) is 15.4. The standard InChI is InChI=1S/C16H16Cl2N4S/c17-12-7-6-11(8-13(12)18)14-9-23-16-20-19-15(22(16)21-14)10-4-2-1-3-5-10/h6-10,21H,1-5H2. The maximum atomic E-state index is 6.14. The maximum Gasteiger partial charge on any atom is 0.214 e. The minimum atomic E-state index is 0.492. The average Bonchev–Trinajstić information content (AvgIpc) is 3.01. The molecule has 1 aliphatic heterocycles. The minimum Gasteiger partial charge on any atom is -0.290 e. The van der Waals surface area contributed by atoms with Crippen LogP contribution in [0.1, 0.15) is 49.4 Å². The molecule has 0 spiro atoms. The third kappa shape index (κ3) is 2.97. The second kappa shape index (κ2) is 6.38. The summed E-state index contributed by atoms with van der Waals surface area (Å²) in [6.45, 7) is 0. The lowest BCUT2D eigenvalue weighted by molar-refractivity contribution is 0.420. The van der Waals surface area contributed by atoms with Gasteiger partial charge in [-0.25, -0.2) is 4.68 Å². The summed E-state index contributed by atoms with van der Waals surface area (Å²) in [5, 5.41) is 12.8. The number of benzene rings is 1. The Hall–Kier alpha value is -1.17. The number of hydrogen-bond acceptors (Lipinski definition) is 4. The molecule has 23 heavy (non-hydrogen) atoms. The lowest BCUT2D eigenvalue weighted by atomic mass is 9.89. The largest absolute Gasteiger partial charge is 0.290 e. The fraction of sp³-hybridized carbons (Fsp3) is 0.375. The highest BCUT2D eigenvalue weighted by atomic mass is 35.5. The summed E-state index contributed by atoms with van der Waals surface area (Å²) >= 11 is 13.7. The number of aromatic nitrogens is 3. The molecule has 1 fully saturated rings. The normalized spacial score (nSPS) is 18.3. The maximum absolute atomic E-state index is 6.14. The van der Waals surface area contributed by atoms with Crippen molar-refractivity contribution in [3.63, 3.8) is 0 Å². The fourth-order valence-corrected chi connectivity index (χ4v) is 4.19. The van der Waals surface area contributed by atoms with Crippen LogP contribution in [0, 0.1) is 0 Å². The predicted molar refractivity (Wildman–Crippen MR) is 95.5 cm³/mol. The van der Waals surface area contributed by atoms with Gasteiger partial charge >= 0.3 is 0 Å². The Bertz CT molecular complexity index is 765. The van der Waals surface area contributed by atoms with E-state index in [-0.39, 0.29) is 0 Å². The molecule has 1 aromatic heterocycles. The molecule has 7 heteroatoms. The number of hydrogen-bond donors (Lipinski definition) is 1. The van der Waals surface area contributed by atoms with Crippen molar-refractivity contribution in [2.24, 2.45) is 0 Å². The first-order valence-corrected chi connectivity index (χ1v) is 9.40. The molecule has 4 nitrogen and oxygen atoms in total. The fourth-order valence-electron chi connectivity index (χ4n) is 3.14. The van der Waals surface area contributed by atoms with E-state index in [0.29, 0.717) is 16.0 Å². The monoisotopic (exact) mass is 366 g/mol. The minimum absolute atomic E-state index is 0.492. The quantitative estimate of drug-likeness (QED) is 0.784. The number of thioether (sulfide) groups is 1. The van der Waals surface area contributed by atoms with Crippen LogP contribution in [0.3, 0.4) is 0 Å². The molecule has 0 radical (unpaired) electrons. The Morgan fingerprint density at radius 3 is 2.70 bits per heavy atom. The van der Waals surface area contributed by atoms with Gasteiger partial charge in [0.2, 0.25) is 5.16 Å². The summed E-state index contributed by atoms with van der Waals surface area (Å²) in [7, 11) is 0. The zero-order chi connectivity index (χ0) is 15.8. The molecule has 2 heterocycles. The summed E-state index contributed by atoms with van der Waals surface area (Å²) in [6, 6.07) is 5.65. The molecule has 0 atom stereocenters. The highest BCUT2D eigenvalue weighted by Gasteiger charge is 2.25. The molecule has 4 rings (SSSR count). The molecule has 0 unspecified atom stereocenters. The van der Waals surface area contributed by atoms with Gasteiger partial charge in [-0.3, -0.25) is 5.43 Å². The van der Waals surface area contributed by atoms with Gasteiger partial charge in [0.25, 0.3) is 0 Å². The van der Waals surface area contributed by atoms with Gasteiger partial charge in [-0.05, 0) is 25.0 Å². The van der Waals surface area contributed by atoms with Crippen LogP contribution in [-0.4, -0.2) is 14.9 Å². The van der Waals surface area contributed by atoms with Crippen molar-refractivity contribution < 1.29 is 0 Å². The van der Waals surface area contributed by atoms with E-state index in [4.69, 9.17) is 23.2 Å². The predicted octanol–water partition coefficient (Wildman–Crippen LogP) is 5.28. The van der Waals surface area contributed by atoms with Crippen LogP contribution in [0.2, 0.25) is 10.0 Å². The van der Waals surface area contributed by atoms with Crippen molar-refractivity contribution in [3.05, 3.63) is 45.0 Å². The summed E-state index contributed by atoms with van der Waals surface area (Å²) in [6.07, 6.45) is 6.26. The van der Waals surface area contributed by atoms with Gasteiger partial charge in [-0.1, -0.05) is 60.3 Å². The Morgan fingerprint density at radius 1 is 1.09 bits per heavy atom. The van der Waals surface area contributed by atoms with E-state index < -0.39 is 0 Å². The first-order valence-electron chi connectivity index (χ1n) is 7.77. The molecule has 2 aliphatic rings. The van der Waals surface area contributed by atoms with Crippen LogP contribution in [0.15, 0.2) is 28.8 Å². The van der Waals surface area contributed by atoms with Gasteiger partial charge in [-0.15, -0.1) is 10.2 Å². The van der Waals surface area contributed by atoms with E-state index in [2.05, 4.69) is 15.6 Å². The van der Waals surface area contributed by atoms with E-state index >= 15 is 0 Å². The van der Waals surface area contributed by atoms with Gasteiger partial charge in [0.1, 0.15) is 0 Å². The number of fused-ring (bicyclic) bond motifs is 1. The number of nitrogens with zero attached hydrogens (tertiary/aromatic N) is 3. The van der Waals surface area contributed by atoms with E-state index in [1.807, 2.05) is 28.3 Å². The molecule has 1 aliphatic carbocycles. The van der Waals surface area contributed by atoms with Gasteiger partial charge in [-0.2, -0.15) is 0 Å². The van der Waals surface area contributed by atoms with E-state index in [1.54, 1.807) is 11.8 Å². The van der Waals surface area contributed by atoms with Crippen LogP contribution in [0.4, 0.5) is 0 Å². The number of halogens is 2. The zero-order valence-electron chi connectivity index (χ0n) is 12.4. The van der Waals surface area contributed by atoms with Crippen molar-refractivity contribution >= 4 is 40.7 Å². The number of rotatable bonds is 2. The number of nitrogens with one attached hydrogen (secondary N) is 1. The van der Waals surface area contributed by atoms with Crippen LogP contribution < -0.4 is 5.43 Å². The van der Waals surface area contributed by atoms with E-state index in [1.165, 1.54) is 32.1 Å². The second-order valence-electron chi connectivity index (χ2n) is 5.90. The second-order valence-corrected chi connectivity index (χ2v) is 7.55. The van der Waals surface area contributed by atoms with Gasteiger partial charge in [0.05, 0.1) is 15.7 Å². The van der Waals surface area contributed by atoms with Crippen molar-refractivity contribution in [1.29, 1.82) is 0 Å². The Labute approximate surface area is 149 Å². The average molecular weight is 367 g/mol. The molecule has 1 N–H and O–H groups in total. The molecule has 1 aromatic carbocycles. The van der Waals surface area contributed by atoms with Gasteiger partial charge < -0.3 is 0 Å². The third-order valence-electron chi connectivity index (χ3n) is 4.37. The topological polar surface area (TPSA) is 42.7 Å². The van der Waals surface area contributed by atoms with E-state index in [9.17, 15) is 0 Å². The SMILES string of the molecule is Clc1ccc(C2=CSc3nnc(C4CCCCC4)n3N2)cc1Cl. The molecule has 120 valence electrons. The first-order chi connectivity index (χ1) is 11.2. The van der Waals surface area contributed by atoms with E-state index in [0.717, 1.165) is 22.2 Å². The Morgan fingerprint density at radius 2 is 1.91 bits per heavy atom.